The number of halogens is 2. The van der Waals surface area contributed by atoms with Crippen LogP contribution in [0.2, 0.25) is 0 Å². The standard InChI is InChI=1S/C13H18BrFN2O/c1-8(2)9(3)17-13(18)7-16-12-6-10(14)4-5-11(12)15/h4-6,8-9,16H,7H2,1-3H3,(H,17,18). The van der Waals surface area contributed by atoms with Crippen molar-refractivity contribution in [2.24, 2.45) is 5.92 Å². The second-order valence-corrected chi connectivity index (χ2v) is 5.49. The fraction of sp³-hybridized carbons (Fsp3) is 0.462. The minimum Gasteiger partial charge on any atom is -0.374 e. The lowest BCUT2D eigenvalue weighted by Gasteiger charge is -2.17. The number of carbonyl (C=O) groups is 1. The molecule has 0 saturated carbocycles. The van der Waals surface area contributed by atoms with Crippen LogP contribution in [0.15, 0.2) is 22.7 Å². The van der Waals surface area contributed by atoms with Crippen LogP contribution in [0.1, 0.15) is 20.8 Å². The van der Waals surface area contributed by atoms with E-state index in [0.29, 0.717) is 11.6 Å². The van der Waals surface area contributed by atoms with Gasteiger partial charge in [0.25, 0.3) is 0 Å². The lowest BCUT2D eigenvalue weighted by Crippen LogP contribution is -2.39. The van der Waals surface area contributed by atoms with Gasteiger partial charge in [0.15, 0.2) is 0 Å². The van der Waals surface area contributed by atoms with Gasteiger partial charge in [-0.25, -0.2) is 4.39 Å². The van der Waals surface area contributed by atoms with E-state index in [1.165, 1.54) is 6.07 Å². The molecule has 1 rings (SSSR count). The van der Waals surface area contributed by atoms with Crippen molar-refractivity contribution in [2.45, 2.75) is 26.8 Å². The number of anilines is 1. The average Bonchev–Trinajstić information content (AvgIpc) is 2.30. The highest BCUT2D eigenvalue weighted by atomic mass is 79.9. The minimum atomic E-state index is -0.372. The van der Waals surface area contributed by atoms with Gasteiger partial charge in [0.05, 0.1) is 12.2 Å². The molecule has 18 heavy (non-hydrogen) atoms. The Morgan fingerprint density at radius 1 is 1.39 bits per heavy atom. The zero-order valence-electron chi connectivity index (χ0n) is 10.8. The Kier molecular flexibility index (Phi) is 5.59. The molecule has 0 aliphatic rings. The van der Waals surface area contributed by atoms with Gasteiger partial charge >= 0.3 is 0 Å². The van der Waals surface area contributed by atoms with Crippen LogP contribution in [0.5, 0.6) is 0 Å². The smallest absolute Gasteiger partial charge is 0.239 e. The van der Waals surface area contributed by atoms with Crippen LogP contribution >= 0.6 is 15.9 Å². The molecule has 0 aromatic heterocycles. The maximum absolute atomic E-state index is 13.4. The van der Waals surface area contributed by atoms with Gasteiger partial charge in [-0.05, 0) is 31.0 Å². The zero-order chi connectivity index (χ0) is 13.7. The molecule has 0 spiro atoms. The Morgan fingerprint density at radius 3 is 2.67 bits per heavy atom. The van der Waals surface area contributed by atoms with Crippen LogP contribution in [0.4, 0.5) is 10.1 Å². The van der Waals surface area contributed by atoms with E-state index in [4.69, 9.17) is 0 Å². The first kappa shape index (κ1) is 15.0. The van der Waals surface area contributed by atoms with Crippen LogP contribution in [0, 0.1) is 11.7 Å². The maximum Gasteiger partial charge on any atom is 0.239 e. The Labute approximate surface area is 115 Å². The van der Waals surface area contributed by atoms with Gasteiger partial charge in [-0.3, -0.25) is 4.79 Å². The second-order valence-electron chi connectivity index (χ2n) is 4.58. The molecule has 0 heterocycles. The number of rotatable bonds is 5. The van der Waals surface area contributed by atoms with E-state index in [0.717, 1.165) is 4.47 Å². The summed E-state index contributed by atoms with van der Waals surface area (Å²) in [4.78, 5) is 11.6. The fourth-order valence-corrected chi connectivity index (χ4v) is 1.64. The summed E-state index contributed by atoms with van der Waals surface area (Å²) in [5.41, 5.74) is 0.316. The number of amides is 1. The fourth-order valence-electron chi connectivity index (χ4n) is 1.28. The van der Waals surface area contributed by atoms with Crippen molar-refractivity contribution in [3.05, 3.63) is 28.5 Å². The lowest BCUT2D eigenvalue weighted by atomic mass is 10.1. The van der Waals surface area contributed by atoms with Crippen LogP contribution in [0.25, 0.3) is 0 Å². The van der Waals surface area contributed by atoms with Gasteiger partial charge in [0, 0.05) is 10.5 Å². The molecule has 1 aromatic rings. The summed E-state index contributed by atoms with van der Waals surface area (Å²) in [7, 11) is 0. The van der Waals surface area contributed by atoms with E-state index in [9.17, 15) is 9.18 Å². The van der Waals surface area contributed by atoms with E-state index >= 15 is 0 Å². The molecule has 5 heteroatoms. The predicted molar refractivity (Wildman–Crippen MR) is 75.0 cm³/mol. The largest absolute Gasteiger partial charge is 0.374 e. The van der Waals surface area contributed by atoms with Gasteiger partial charge < -0.3 is 10.6 Å². The third kappa shape index (κ3) is 4.64. The van der Waals surface area contributed by atoms with Crippen molar-refractivity contribution in [1.29, 1.82) is 0 Å². The number of nitrogens with one attached hydrogen (secondary N) is 2. The summed E-state index contributed by atoms with van der Waals surface area (Å²) < 4.78 is 14.2. The first-order valence-electron chi connectivity index (χ1n) is 5.88. The zero-order valence-corrected chi connectivity index (χ0v) is 12.3. The van der Waals surface area contributed by atoms with Gasteiger partial charge in [-0.15, -0.1) is 0 Å². The van der Waals surface area contributed by atoms with Crippen molar-refractivity contribution in [1.82, 2.24) is 5.32 Å². The number of carbonyl (C=O) groups excluding carboxylic acids is 1. The molecule has 0 aliphatic carbocycles. The molecule has 1 atom stereocenters. The first-order chi connectivity index (χ1) is 8.40. The van der Waals surface area contributed by atoms with Crippen molar-refractivity contribution >= 4 is 27.5 Å². The summed E-state index contributed by atoms with van der Waals surface area (Å²) in [5, 5.41) is 5.63. The lowest BCUT2D eigenvalue weighted by molar-refractivity contribution is -0.120. The molecule has 0 radical (unpaired) electrons. The number of hydrogen-bond donors (Lipinski definition) is 2. The van der Waals surface area contributed by atoms with E-state index in [1.807, 2.05) is 20.8 Å². The molecule has 100 valence electrons. The summed E-state index contributed by atoms with van der Waals surface area (Å²) in [6, 6.07) is 4.67. The highest BCUT2D eigenvalue weighted by Crippen LogP contribution is 2.19. The quantitative estimate of drug-likeness (QED) is 0.876. The molecule has 1 amide bonds. The summed E-state index contributed by atoms with van der Waals surface area (Å²) in [6.45, 7) is 6.07. The van der Waals surface area contributed by atoms with Crippen molar-refractivity contribution in [3.63, 3.8) is 0 Å². The average molecular weight is 317 g/mol. The minimum absolute atomic E-state index is 0.0600. The Bertz CT molecular complexity index is 423. The molecule has 0 aliphatic heterocycles. The SMILES string of the molecule is CC(C)C(C)NC(=O)CNc1cc(Br)ccc1F. The molecule has 1 aromatic carbocycles. The third-order valence-electron chi connectivity index (χ3n) is 2.76. The summed E-state index contributed by atoms with van der Waals surface area (Å²) in [6.07, 6.45) is 0. The van der Waals surface area contributed by atoms with Crippen LogP contribution in [0.3, 0.4) is 0 Å². The monoisotopic (exact) mass is 316 g/mol. The van der Waals surface area contributed by atoms with E-state index < -0.39 is 0 Å². The van der Waals surface area contributed by atoms with E-state index in [1.54, 1.807) is 12.1 Å². The van der Waals surface area contributed by atoms with Crippen molar-refractivity contribution < 1.29 is 9.18 Å². The summed E-state index contributed by atoms with van der Waals surface area (Å²) in [5.74, 6) is -0.143. The van der Waals surface area contributed by atoms with Crippen LogP contribution in [-0.4, -0.2) is 18.5 Å². The molecule has 2 N–H and O–H groups in total. The van der Waals surface area contributed by atoms with E-state index in [2.05, 4.69) is 26.6 Å². The van der Waals surface area contributed by atoms with E-state index in [-0.39, 0.29) is 24.3 Å². The molecule has 0 bridgehead atoms. The second kappa shape index (κ2) is 6.73. The Hall–Kier alpha value is -1.10. The molecule has 0 saturated heterocycles. The summed E-state index contributed by atoms with van der Waals surface area (Å²) >= 11 is 3.26. The molecule has 0 fully saturated rings. The normalized spacial score (nSPS) is 12.3. The van der Waals surface area contributed by atoms with Crippen LogP contribution < -0.4 is 10.6 Å². The number of hydrogen-bond acceptors (Lipinski definition) is 2. The molecule has 1 unspecified atom stereocenters. The third-order valence-corrected chi connectivity index (χ3v) is 3.25. The topological polar surface area (TPSA) is 41.1 Å². The van der Waals surface area contributed by atoms with Gasteiger partial charge in [0.1, 0.15) is 5.82 Å². The Balaban J connectivity index is 2.50. The van der Waals surface area contributed by atoms with Crippen molar-refractivity contribution in [3.8, 4) is 0 Å². The highest BCUT2D eigenvalue weighted by Gasteiger charge is 2.11. The molecule has 3 nitrogen and oxygen atoms in total. The number of benzene rings is 1. The molecular formula is C13H18BrFN2O. The van der Waals surface area contributed by atoms with Gasteiger partial charge in [-0.1, -0.05) is 29.8 Å². The van der Waals surface area contributed by atoms with Gasteiger partial charge in [0.2, 0.25) is 5.91 Å². The van der Waals surface area contributed by atoms with Crippen molar-refractivity contribution in [2.75, 3.05) is 11.9 Å². The maximum atomic E-state index is 13.4. The highest BCUT2D eigenvalue weighted by molar-refractivity contribution is 9.10. The van der Waals surface area contributed by atoms with Crippen LogP contribution in [-0.2, 0) is 4.79 Å². The predicted octanol–water partition coefficient (Wildman–Crippen LogP) is 3.16. The van der Waals surface area contributed by atoms with Gasteiger partial charge in [-0.2, -0.15) is 0 Å². The Morgan fingerprint density at radius 2 is 2.06 bits per heavy atom. The molecular weight excluding hydrogens is 299 g/mol. The first-order valence-corrected chi connectivity index (χ1v) is 6.67.